The summed E-state index contributed by atoms with van der Waals surface area (Å²) in [4.78, 5) is 25.0. The fraction of sp³-hybridized carbons (Fsp3) is 0.292. The molecule has 0 radical (unpaired) electrons. The average Bonchev–Trinajstić information content (AvgIpc) is 3.59. The van der Waals surface area contributed by atoms with Crippen LogP contribution in [0, 0.1) is 17.2 Å². The van der Waals surface area contributed by atoms with Gasteiger partial charge in [0.25, 0.3) is 5.91 Å². The number of hydrogen-bond acceptors (Lipinski definition) is 6. The molecule has 4 rings (SSSR count). The number of benzene rings is 2. The molecule has 3 aromatic rings. The fourth-order valence-electron chi connectivity index (χ4n) is 3.48. The number of nitrogens with zero attached hydrogens (tertiary/aromatic N) is 1. The zero-order valence-corrected chi connectivity index (χ0v) is 17.1. The monoisotopic (exact) mass is 418 g/mol. The fourth-order valence-corrected chi connectivity index (χ4v) is 3.48. The van der Waals surface area contributed by atoms with Crippen LogP contribution in [0.25, 0.3) is 11.0 Å². The van der Waals surface area contributed by atoms with E-state index in [1.165, 1.54) is 0 Å². The molecule has 1 aliphatic carbocycles. The Hall–Kier alpha value is -3.79. The molecule has 0 aliphatic heterocycles. The molecular weight excluding hydrogens is 396 g/mol. The van der Waals surface area contributed by atoms with Crippen LogP contribution in [0.15, 0.2) is 59.0 Å². The second kappa shape index (κ2) is 8.52. The van der Waals surface area contributed by atoms with Gasteiger partial charge >= 0.3 is 5.97 Å². The Bertz CT molecular complexity index is 1140. The van der Waals surface area contributed by atoms with E-state index in [0.29, 0.717) is 16.9 Å². The molecule has 0 spiro atoms. The molecule has 31 heavy (non-hydrogen) atoms. The van der Waals surface area contributed by atoms with E-state index in [1.807, 2.05) is 42.5 Å². The quantitative estimate of drug-likeness (QED) is 0.555. The van der Waals surface area contributed by atoms with Crippen LogP contribution in [0.1, 0.15) is 35.9 Å². The van der Waals surface area contributed by atoms with E-state index in [-0.39, 0.29) is 18.3 Å². The highest BCUT2D eigenvalue weighted by Crippen LogP contribution is 2.39. The molecule has 7 nitrogen and oxygen atoms in total. The number of nitrogens with one attached hydrogen (secondary N) is 1. The zero-order valence-electron chi connectivity index (χ0n) is 17.1. The van der Waals surface area contributed by atoms with Crippen molar-refractivity contribution in [3.05, 3.63) is 65.9 Å². The van der Waals surface area contributed by atoms with Gasteiger partial charge in [-0.15, -0.1) is 0 Å². The summed E-state index contributed by atoms with van der Waals surface area (Å²) >= 11 is 0. The van der Waals surface area contributed by atoms with E-state index in [1.54, 1.807) is 19.1 Å². The van der Waals surface area contributed by atoms with Gasteiger partial charge in [-0.1, -0.05) is 36.4 Å². The number of carbonyl (C=O) groups is 2. The first-order chi connectivity index (χ1) is 15.0. The molecule has 1 amide bonds. The van der Waals surface area contributed by atoms with Crippen LogP contribution in [-0.4, -0.2) is 24.0 Å². The summed E-state index contributed by atoms with van der Waals surface area (Å²) < 4.78 is 16.7. The number of ether oxygens (including phenoxy) is 2. The SMILES string of the molecule is C[C@](C#N)(NC(=O)COC(=O)c1oc2ccccc2c1COc1ccccc1)C1CC1. The van der Waals surface area contributed by atoms with Gasteiger partial charge in [0, 0.05) is 5.39 Å². The van der Waals surface area contributed by atoms with Gasteiger partial charge in [0.15, 0.2) is 6.61 Å². The van der Waals surface area contributed by atoms with Gasteiger partial charge in [-0.3, -0.25) is 4.79 Å². The summed E-state index contributed by atoms with van der Waals surface area (Å²) in [7, 11) is 0. The second-order valence-corrected chi connectivity index (χ2v) is 7.72. The third kappa shape index (κ3) is 4.53. The maximum Gasteiger partial charge on any atom is 0.375 e. The molecule has 1 atom stereocenters. The Balaban J connectivity index is 1.47. The Morgan fingerprint density at radius 2 is 1.87 bits per heavy atom. The molecule has 1 fully saturated rings. The number of hydrogen-bond donors (Lipinski definition) is 1. The number of carbonyl (C=O) groups excluding carboxylic acids is 2. The highest BCUT2D eigenvalue weighted by atomic mass is 16.5. The van der Waals surface area contributed by atoms with Crippen LogP contribution in [0.2, 0.25) is 0 Å². The van der Waals surface area contributed by atoms with Crippen molar-refractivity contribution in [2.75, 3.05) is 6.61 Å². The lowest BCUT2D eigenvalue weighted by Gasteiger charge is -2.22. The van der Waals surface area contributed by atoms with Crippen LogP contribution in [0.5, 0.6) is 5.75 Å². The number of furan rings is 1. The molecule has 0 bridgehead atoms. The molecule has 0 saturated heterocycles. The molecule has 1 aromatic heterocycles. The largest absolute Gasteiger partial charge is 0.489 e. The van der Waals surface area contributed by atoms with Crippen LogP contribution >= 0.6 is 0 Å². The summed E-state index contributed by atoms with van der Waals surface area (Å²) in [6, 6.07) is 18.6. The second-order valence-electron chi connectivity index (χ2n) is 7.72. The van der Waals surface area contributed by atoms with E-state index in [0.717, 1.165) is 18.2 Å². The molecular formula is C24H22N2O5. The van der Waals surface area contributed by atoms with Gasteiger partial charge in [0.2, 0.25) is 5.76 Å². The molecule has 1 N–H and O–H groups in total. The van der Waals surface area contributed by atoms with Gasteiger partial charge in [0.05, 0.1) is 11.6 Å². The van der Waals surface area contributed by atoms with E-state index in [2.05, 4.69) is 11.4 Å². The smallest absolute Gasteiger partial charge is 0.375 e. The minimum absolute atomic E-state index is 0.00447. The van der Waals surface area contributed by atoms with E-state index >= 15 is 0 Å². The van der Waals surface area contributed by atoms with Crippen LogP contribution < -0.4 is 10.1 Å². The lowest BCUT2D eigenvalue weighted by atomic mass is 9.98. The topological polar surface area (TPSA) is 102 Å². The van der Waals surface area contributed by atoms with Crippen molar-refractivity contribution in [3.8, 4) is 11.8 Å². The first kappa shape index (κ1) is 20.5. The van der Waals surface area contributed by atoms with Crippen molar-refractivity contribution in [3.63, 3.8) is 0 Å². The molecule has 1 heterocycles. The van der Waals surface area contributed by atoms with Gasteiger partial charge < -0.3 is 19.2 Å². The first-order valence-corrected chi connectivity index (χ1v) is 10.1. The number of nitriles is 1. The molecule has 0 unspecified atom stereocenters. The molecule has 7 heteroatoms. The van der Waals surface area contributed by atoms with Crippen LogP contribution in [0.4, 0.5) is 0 Å². The lowest BCUT2D eigenvalue weighted by Crippen LogP contribution is -2.48. The van der Waals surface area contributed by atoms with Crippen LogP contribution in [0.3, 0.4) is 0 Å². The van der Waals surface area contributed by atoms with Gasteiger partial charge in [-0.2, -0.15) is 5.26 Å². The zero-order chi connectivity index (χ0) is 21.8. The number of rotatable bonds is 8. The van der Waals surface area contributed by atoms with Crippen molar-refractivity contribution < 1.29 is 23.5 Å². The Morgan fingerprint density at radius 1 is 1.16 bits per heavy atom. The summed E-state index contributed by atoms with van der Waals surface area (Å²) in [5.41, 5.74) is 0.124. The van der Waals surface area contributed by atoms with Crippen molar-refractivity contribution in [1.29, 1.82) is 5.26 Å². The number of esters is 1. The van der Waals surface area contributed by atoms with Crippen LogP contribution in [-0.2, 0) is 16.1 Å². The summed E-state index contributed by atoms with van der Waals surface area (Å²) in [6.07, 6.45) is 1.79. The van der Waals surface area contributed by atoms with E-state index in [4.69, 9.17) is 13.9 Å². The Labute approximate surface area is 179 Å². The van der Waals surface area contributed by atoms with Crippen molar-refractivity contribution in [2.24, 2.45) is 5.92 Å². The Kier molecular flexibility index (Phi) is 5.63. The van der Waals surface area contributed by atoms with Crippen molar-refractivity contribution >= 4 is 22.8 Å². The van der Waals surface area contributed by atoms with E-state index < -0.39 is 24.0 Å². The number of para-hydroxylation sites is 2. The highest BCUT2D eigenvalue weighted by Gasteiger charge is 2.43. The minimum Gasteiger partial charge on any atom is -0.489 e. The normalized spacial score (nSPS) is 15.0. The molecule has 158 valence electrons. The maximum atomic E-state index is 12.7. The third-order valence-electron chi connectivity index (χ3n) is 5.37. The maximum absolute atomic E-state index is 12.7. The lowest BCUT2D eigenvalue weighted by molar-refractivity contribution is -0.125. The molecule has 1 aliphatic rings. The van der Waals surface area contributed by atoms with Gasteiger partial charge in [-0.05, 0) is 43.9 Å². The number of fused-ring (bicyclic) bond motifs is 1. The van der Waals surface area contributed by atoms with Gasteiger partial charge in [-0.25, -0.2) is 4.79 Å². The summed E-state index contributed by atoms with van der Waals surface area (Å²) in [5, 5.41) is 12.8. The average molecular weight is 418 g/mol. The minimum atomic E-state index is -0.947. The summed E-state index contributed by atoms with van der Waals surface area (Å²) in [6.45, 7) is 1.29. The predicted molar refractivity (Wildman–Crippen MR) is 112 cm³/mol. The standard InChI is InChI=1S/C24H22N2O5/c1-24(15-25,16-11-12-16)26-21(27)14-30-23(28)22-19(13-29-17-7-3-2-4-8-17)18-9-5-6-10-20(18)31-22/h2-10,16H,11-14H2,1H3,(H,26,27)/t24-/m1/s1. The van der Waals surface area contributed by atoms with Crippen molar-refractivity contribution in [1.82, 2.24) is 5.32 Å². The summed E-state index contributed by atoms with van der Waals surface area (Å²) in [5.74, 6) is -0.502. The highest BCUT2D eigenvalue weighted by molar-refractivity contribution is 5.97. The predicted octanol–water partition coefficient (Wildman–Crippen LogP) is 3.98. The molecule has 1 saturated carbocycles. The Morgan fingerprint density at radius 3 is 2.58 bits per heavy atom. The van der Waals surface area contributed by atoms with E-state index in [9.17, 15) is 14.9 Å². The van der Waals surface area contributed by atoms with Gasteiger partial charge in [0.1, 0.15) is 23.5 Å². The first-order valence-electron chi connectivity index (χ1n) is 10.1. The molecule has 2 aromatic carbocycles. The van der Waals surface area contributed by atoms with Crippen molar-refractivity contribution in [2.45, 2.75) is 31.9 Å². The third-order valence-corrected chi connectivity index (χ3v) is 5.37. The number of amides is 1.